The van der Waals surface area contributed by atoms with E-state index in [-0.39, 0.29) is 4.90 Å². The summed E-state index contributed by atoms with van der Waals surface area (Å²) in [6.07, 6.45) is 7.17. The first kappa shape index (κ1) is 18.2. The SMILES string of the molecule is CNCCCNS(=O)(=O)c1ccc(OCC2CCCCC2)cc1. The van der Waals surface area contributed by atoms with Crippen LogP contribution in [0.2, 0.25) is 0 Å². The van der Waals surface area contributed by atoms with Gasteiger partial charge in [-0.3, -0.25) is 0 Å². The molecule has 6 heteroatoms. The maximum atomic E-state index is 12.1. The van der Waals surface area contributed by atoms with E-state index in [0.29, 0.717) is 12.5 Å². The van der Waals surface area contributed by atoms with Gasteiger partial charge in [-0.25, -0.2) is 13.1 Å². The molecule has 0 radical (unpaired) electrons. The lowest BCUT2D eigenvalue weighted by Crippen LogP contribution is -2.26. The summed E-state index contributed by atoms with van der Waals surface area (Å²) in [4.78, 5) is 0.284. The molecular formula is C17H28N2O3S. The number of benzene rings is 1. The fraction of sp³-hybridized carbons (Fsp3) is 0.647. The van der Waals surface area contributed by atoms with Gasteiger partial charge in [0.1, 0.15) is 5.75 Å². The Bertz CT molecular complexity index is 552. The van der Waals surface area contributed by atoms with Gasteiger partial charge in [-0.15, -0.1) is 0 Å². The quantitative estimate of drug-likeness (QED) is 0.678. The van der Waals surface area contributed by atoms with E-state index in [2.05, 4.69) is 10.0 Å². The minimum atomic E-state index is -3.43. The molecule has 1 fully saturated rings. The Hall–Kier alpha value is -1.11. The van der Waals surface area contributed by atoms with Crippen molar-refractivity contribution < 1.29 is 13.2 Å². The molecule has 1 aromatic rings. The Kier molecular flexibility index (Phi) is 7.33. The maximum Gasteiger partial charge on any atom is 0.240 e. The van der Waals surface area contributed by atoms with Crippen molar-refractivity contribution >= 4 is 10.0 Å². The lowest BCUT2D eigenvalue weighted by molar-refractivity contribution is 0.209. The molecule has 0 aromatic heterocycles. The van der Waals surface area contributed by atoms with Crippen LogP contribution >= 0.6 is 0 Å². The van der Waals surface area contributed by atoms with Gasteiger partial charge in [0.05, 0.1) is 11.5 Å². The molecule has 5 nitrogen and oxygen atoms in total. The number of sulfonamides is 1. The van der Waals surface area contributed by atoms with E-state index in [4.69, 9.17) is 4.74 Å². The molecular weight excluding hydrogens is 312 g/mol. The summed E-state index contributed by atoms with van der Waals surface area (Å²) in [6, 6.07) is 6.70. The fourth-order valence-corrected chi connectivity index (χ4v) is 3.91. The molecule has 1 aliphatic carbocycles. The average molecular weight is 340 g/mol. The molecule has 0 heterocycles. The normalized spacial score (nSPS) is 16.4. The Balaban J connectivity index is 1.83. The molecule has 0 spiro atoms. The Labute approximate surface area is 139 Å². The number of hydrogen-bond acceptors (Lipinski definition) is 4. The van der Waals surface area contributed by atoms with Crippen LogP contribution in [0.3, 0.4) is 0 Å². The highest BCUT2D eigenvalue weighted by Crippen LogP contribution is 2.25. The first-order chi connectivity index (χ1) is 11.1. The van der Waals surface area contributed by atoms with E-state index in [0.717, 1.165) is 25.3 Å². The van der Waals surface area contributed by atoms with Crippen LogP contribution in [0.1, 0.15) is 38.5 Å². The van der Waals surface area contributed by atoms with Gasteiger partial charge in [0.25, 0.3) is 0 Å². The minimum absolute atomic E-state index is 0.284. The van der Waals surface area contributed by atoms with E-state index in [9.17, 15) is 8.42 Å². The molecule has 1 aliphatic rings. The lowest BCUT2D eigenvalue weighted by Gasteiger charge is -2.21. The lowest BCUT2D eigenvalue weighted by atomic mass is 9.90. The highest BCUT2D eigenvalue weighted by molar-refractivity contribution is 7.89. The summed E-state index contributed by atoms with van der Waals surface area (Å²) in [5.74, 6) is 1.38. The second-order valence-electron chi connectivity index (χ2n) is 6.14. The number of ether oxygens (including phenoxy) is 1. The third-order valence-electron chi connectivity index (χ3n) is 4.24. The third kappa shape index (κ3) is 6.12. The van der Waals surface area contributed by atoms with Crippen molar-refractivity contribution in [2.45, 2.75) is 43.4 Å². The Morgan fingerprint density at radius 1 is 1.09 bits per heavy atom. The fourth-order valence-electron chi connectivity index (χ4n) is 2.84. The van der Waals surface area contributed by atoms with Gasteiger partial charge < -0.3 is 10.1 Å². The number of rotatable bonds is 9. The van der Waals surface area contributed by atoms with Crippen molar-refractivity contribution in [3.05, 3.63) is 24.3 Å². The Morgan fingerprint density at radius 3 is 2.43 bits per heavy atom. The molecule has 1 saturated carbocycles. The number of nitrogens with one attached hydrogen (secondary N) is 2. The van der Waals surface area contributed by atoms with Crippen LogP contribution in [-0.4, -0.2) is 35.2 Å². The van der Waals surface area contributed by atoms with Gasteiger partial charge in [-0.2, -0.15) is 0 Å². The van der Waals surface area contributed by atoms with Gasteiger partial charge in [-0.1, -0.05) is 19.3 Å². The standard InChI is InChI=1S/C17H28N2O3S/c1-18-12-5-13-19-23(20,21)17-10-8-16(9-11-17)22-14-15-6-3-2-4-7-15/h8-11,15,18-19H,2-7,12-14H2,1H3. The topological polar surface area (TPSA) is 67.4 Å². The second kappa shape index (κ2) is 9.25. The first-order valence-electron chi connectivity index (χ1n) is 8.49. The van der Waals surface area contributed by atoms with Crippen molar-refractivity contribution in [1.82, 2.24) is 10.0 Å². The molecule has 1 aromatic carbocycles. The summed E-state index contributed by atoms with van der Waals surface area (Å²) < 4.78 is 32.7. The highest BCUT2D eigenvalue weighted by Gasteiger charge is 2.15. The monoisotopic (exact) mass is 340 g/mol. The van der Waals surface area contributed by atoms with Crippen molar-refractivity contribution in [1.29, 1.82) is 0 Å². The zero-order valence-corrected chi connectivity index (χ0v) is 14.7. The Morgan fingerprint density at radius 2 is 1.78 bits per heavy atom. The summed E-state index contributed by atoms with van der Waals surface area (Å²) in [5.41, 5.74) is 0. The van der Waals surface area contributed by atoms with E-state index < -0.39 is 10.0 Å². The van der Waals surface area contributed by atoms with Crippen LogP contribution < -0.4 is 14.8 Å². The zero-order chi connectivity index (χ0) is 16.5. The highest BCUT2D eigenvalue weighted by atomic mass is 32.2. The smallest absolute Gasteiger partial charge is 0.240 e. The van der Waals surface area contributed by atoms with E-state index >= 15 is 0 Å². The molecule has 23 heavy (non-hydrogen) atoms. The van der Waals surface area contributed by atoms with Crippen LogP contribution in [0.5, 0.6) is 5.75 Å². The first-order valence-corrected chi connectivity index (χ1v) is 9.97. The minimum Gasteiger partial charge on any atom is -0.493 e. The predicted molar refractivity (Wildman–Crippen MR) is 92.2 cm³/mol. The van der Waals surface area contributed by atoms with Gasteiger partial charge in [0.2, 0.25) is 10.0 Å². The van der Waals surface area contributed by atoms with E-state index in [1.165, 1.54) is 32.1 Å². The molecule has 0 atom stereocenters. The van der Waals surface area contributed by atoms with Crippen molar-refractivity contribution in [2.24, 2.45) is 5.92 Å². The number of hydrogen-bond donors (Lipinski definition) is 2. The van der Waals surface area contributed by atoms with Gasteiger partial charge in [0.15, 0.2) is 0 Å². The van der Waals surface area contributed by atoms with Gasteiger partial charge >= 0.3 is 0 Å². The van der Waals surface area contributed by atoms with Crippen LogP contribution in [0.25, 0.3) is 0 Å². The van der Waals surface area contributed by atoms with E-state index in [1.807, 2.05) is 7.05 Å². The van der Waals surface area contributed by atoms with Crippen molar-refractivity contribution in [2.75, 3.05) is 26.7 Å². The molecule has 0 aliphatic heterocycles. The molecule has 2 N–H and O–H groups in total. The average Bonchev–Trinajstić information content (AvgIpc) is 2.58. The third-order valence-corrected chi connectivity index (χ3v) is 5.72. The zero-order valence-electron chi connectivity index (χ0n) is 13.9. The maximum absolute atomic E-state index is 12.1. The molecule has 0 bridgehead atoms. The summed E-state index contributed by atoms with van der Waals surface area (Å²) in [6.45, 7) is 1.95. The molecule has 2 rings (SSSR count). The van der Waals surface area contributed by atoms with Crippen molar-refractivity contribution in [3.63, 3.8) is 0 Å². The molecule has 130 valence electrons. The molecule has 0 unspecified atom stereocenters. The summed E-state index contributed by atoms with van der Waals surface area (Å²) >= 11 is 0. The van der Waals surface area contributed by atoms with Crippen LogP contribution in [0, 0.1) is 5.92 Å². The summed E-state index contributed by atoms with van der Waals surface area (Å²) in [7, 11) is -1.58. The second-order valence-corrected chi connectivity index (χ2v) is 7.91. The van der Waals surface area contributed by atoms with Crippen LogP contribution in [-0.2, 0) is 10.0 Å². The van der Waals surface area contributed by atoms with Gasteiger partial charge in [-0.05, 0) is 63.0 Å². The van der Waals surface area contributed by atoms with Gasteiger partial charge in [0, 0.05) is 6.54 Å². The van der Waals surface area contributed by atoms with Crippen LogP contribution in [0.15, 0.2) is 29.2 Å². The van der Waals surface area contributed by atoms with Crippen LogP contribution in [0.4, 0.5) is 0 Å². The largest absolute Gasteiger partial charge is 0.493 e. The summed E-state index contributed by atoms with van der Waals surface area (Å²) in [5, 5.41) is 2.99. The molecule has 0 amide bonds. The predicted octanol–water partition coefficient (Wildman–Crippen LogP) is 2.53. The van der Waals surface area contributed by atoms with Crippen molar-refractivity contribution in [3.8, 4) is 5.75 Å². The van der Waals surface area contributed by atoms with E-state index in [1.54, 1.807) is 24.3 Å². The molecule has 0 saturated heterocycles.